The van der Waals surface area contributed by atoms with E-state index < -0.39 is 0 Å². The predicted molar refractivity (Wildman–Crippen MR) is 231 cm³/mol. The van der Waals surface area contributed by atoms with Gasteiger partial charge in [0.05, 0.1) is 12.2 Å². The molecule has 0 aromatic heterocycles. The maximum absolute atomic E-state index is 12.8. The summed E-state index contributed by atoms with van der Waals surface area (Å²) in [6, 6.07) is 16.0. The van der Waals surface area contributed by atoms with E-state index >= 15 is 0 Å². The van der Waals surface area contributed by atoms with Crippen molar-refractivity contribution in [2.75, 3.05) is 91.6 Å². The van der Waals surface area contributed by atoms with Crippen LogP contribution in [0.15, 0.2) is 48.5 Å². The highest BCUT2D eigenvalue weighted by Crippen LogP contribution is 2.22. The van der Waals surface area contributed by atoms with Gasteiger partial charge in [0.2, 0.25) is 11.8 Å². The number of hydrogen-bond donors (Lipinski definition) is 4. The highest BCUT2D eigenvalue weighted by molar-refractivity contribution is 5.96. The Morgan fingerprint density at radius 3 is 1.17 bits per heavy atom. The molecule has 4 saturated heterocycles. The van der Waals surface area contributed by atoms with E-state index in [0.717, 1.165) is 154 Å². The Labute approximate surface area is 351 Å². The molecule has 4 aliphatic heterocycles. The molecule has 4 aliphatic rings. The van der Waals surface area contributed by atoms with Gasteiger partial charge in [-0.05, 0) is 88.7 Å². The van der Waals surface area contributed by atoms with Gasteiger partial charge in [-0.15, -0.1) is 0 Å². The van der Waals surface area contributed by atoms with Gasteiger partial charge < -0.3 is 36.6 Å². The molecule has 4 heterocycles. The second-order valence-corrected chi connectivity index (χ2v) is 17.4. The number of nitrogens with zero attached hydrogens (tertiary/aromatic N) is 4. The Hall–Kier alpha value is -3.56. The number of piperidine rings is 4. The van der Waals surface area contributed by atoms with Crippen LogP contribution in [-0.2, 0) is 27.4 Å². The second kappa shape index (κ2) is 23.4. The lowest BCUT2D eigenvalue weighted by atomic mass is 9.96. The highest BCUT2D eigenvalue weighted by Gasteiger charge is 2.27. The smallest absolute Gasteiger partial charge is 0.220 e. The second-order valence-electron chi connectivity index (χ2n) is 17.4. The van der Waals surface area contributed by atoms with E-state index in [-0.39, 0.29) is 35.2 Å². The first-order valence-corrected chi connectivity index (χ1v) is 22.5. The van der Waals surface area contributed by atoms with Gasteiger partial charge in [0, 0.05) is 114 Å². The number of benzene rings is 2. The summed E-state index contributed by atoms with van der Waals surface area (Å²) < 4.78 is 6.57. The van der Waals surface area contributed by atoms with Crippen LogP contribution in [0.25, 0.3) is 0 Å². The van der Waals surface area contributed by atoms with E-state index in [1.165, 1.54) is 11.1 Å². The largest absolute Gasteiger partial charge is 0.375 e. The quantitative estimate of drug-likeness (QED) is 0.102. The first-order valence-electron chi connectivity index (χ1n) is 22.5. The van der Waals surface area contributed by atoms with Crippen LogP contribution < -0.4 is 22.1 Å². The number of Topliss-reactive ketones (excluding diaryl/α,β-unsaturated/α-hetero) is 2. The molecule has 0 atom stereocenters. The van der Waals surface area contributed by atoms with Crippen LogP contribution in [-0.4, -0.2) is 147 Å². The third-order valence-corrected chi connectivity index (χ3v) is 13.1. The number of ketones is 2. The van der Waals surface area contributed by atoms with Crippen LogP contribution in [0.2, 0.25) is 0 Å². The van der Waals surface area contributed by atoms with Crippen LogP contribution >= 0.6 is 0 Å². The Kier molecular flexibility index (Phi) is 17.9. The van der Waals surface area contributed by atoms with Crippen LogP contribution in [0.3, 0.4) is 0 Å². The van der Waals surface area contributed by atoms with Crippen LogP contribution in [0.4, 0.5) is 0 Å². The van der Waals surface area contributed by atoms with Crippen molar-refractivity contribution >= 4 is 23.4 Å². The van der Waals surface area contributed by atoms with Crippen molar-refractivity contribution in [1.82, 2.24) is 30.2 Å². The van der Waals surface area contributed by atoms with Gasteiger partial charge in [-0.25, -0.2) is 0 Å². The summed E-state index contributed by atoms with van der Waals surface area (Å²) in [5.74, 6) is -0.0292. The molecule has 2 aromatic rings. The SMILES string of the molecule is NC(=O)C1CCN(Cc2ccc(C(=O)CCNCCN3CCC(OC4CCN(CCNCCC(=O)c5ccc(CN6CCC(C(N)=O)CC6)cc5)CC4)CC3)cc2)CC1. The Balaban J connectivity index is 0.739. The fraction of sp³-hybridized carbons (Fsp3) is 0.652. The van der Waals surface area contributed by atoms with E-state index in [4.69, 9.17) is 16.2 Å². The molecule has 0 radical (unpaired) electrons. The number of ether oxygens (including phenoxy) is 1. The number of likely N-dealkylation sites (tertiary alicyclic amines) is 4. The molecule has 6 rings (SSSR count). The van der Waals surface area contributed by atoms with Gasteiger partial charge >= 0.3 is 0 Å². The monoisotopic (exact) mass is 815 g/mol. The summed E-state index contributed by atoms with van der Waals surface area (Å²) in [4.78, 5) is 58.1. The third-order valence-electron chi connectivity index (χ3n) is 13.1. The number of nitrogens with one attached hydrogen (secondary N) is 2. The molecule has 59 heavy (non-hydrogen) atoms. The number of nitrogens with two attached hydrogens (primary N) is 2. The predicted octanol–water partition coefficient (Wildman–Crippen LogP) is 3.05. The lowest BCUT2D eigenvalue weighted by Crippen LogP contribution is -2.44. The molecule has 324 valence electrons. The van der Waals surface area contributed by atoms with Crippen molar-refractivity contribution < 1.29 is 23.9 Å². The van der Waals surface area contributed by atoms with Gasteiger partial charge in [0.1, 0.15) is 0 Å². The first-order chi connectivity index (χ1) is 28.7. The summed E-state index contributed by atoms with van der Waals surface area (Å²) in [5.41, 5.74) is 14.8. The van der Waals surface area contributed by atoms with Crippen LogP contribution in [0.5, 0.6) is 0 Å². The van der Waals surface area contributed by atoms with Gasteiger partial charge in [-0.3, -0.25) is 29.0 Å². The lowest BCUT2D eigenvalue weighted by Gasteiger charge is -2.37. The first kappa shape index (κ1) is 45.0. The zero-order valence-corrected chi connectivity index (χ0v) is 35.3. The molecule has 4 fully saturated rings. The topological polar surface area (TPSA) is 167 Å². The van der Waals surface area contributed by atoms with Crippen LogP contribution in [0, 0.1) is 11.8 Å². The third kappa shape index (κ3) is 14.8. The summed E-state index contributed by atoms with van der Waals surface area (Å²) in [6.07, 6.45) is 9.26. The molecule has 2 amide bonds. The Morgan fingerprint density at radius 2 is 0.831 bits per heavy atom. The van der Waals surface area contributed by atoms with Gasteiger partial charge in [-0.1, -0.05) is 48.5 Å². The molecular formula is C46H70N8O5. The normalized spacial score (nSPS) is 20.2. The average molecular weight is 815 g/mol. The van der Waals surface area contributed by atoms with Crippen molar-refractivity contribution in [1.29, 1.82) is 0 Å². The number of primary amides is 2. The van der Waals surface area contributed by atoms with Gasteiger partial charge in [0.15, 0.2) is 11.6 Å². The van der Waals surface area contributed by atoms with E-state index in [2.05, 4.69) is 54.5 Å². The molecular weight excluding hydrogens is 745 g/mol. The molecule has 2 aromatic carbocycles. The molecule has 13 heteroatoms. The standard InChI is InChI=1S/C46H70N8O5/c47-45(57)39-11-23-53(24-12-39)33-35-1-5-37(6-2-35)43(55)9-19-49-21-31-51-27-15-41(16-28-51)59-42-17-29-52(30-18-42)32-22-50-20-10-44(56)38-7-3-36(4-8-38)34-54-25-13-40(14-26-54)46(48)58/h1-8,39-42,49-50H,9-34H2,(H2,47,57)(H2,48,58). The van der Waals surface area contributed by atoms with Crippen molar-refractivity contribution in [2.24, 2.45) is 23.3 Å². The molecule has 6 N–H and O–H groups in total. The van der Waals surface area contributed by atoms with E-state index in [1.54, 1.807) is 0 Å². The fourth-order valence-corrected chi connectivity index (χ4v) is 9.09. The van der Waals surface area contributed by atoms with Crippen LogP contribution in [0.1, 0.15) is 96.1 Å². The van der Waals surface area contributed by atoms with Gasteiger partial charge in [-0.2, -0.15) is 0 Å². The van der Waals surface area contributed by atoms with E-state index in [9.17, 15) is 19.2 Å². The maximum Gasteiger partial charge on any atom is 0.220 e. The zero-order valence-electron chi connectivity index (χ0n) is 35.3. The average Bonchev–Trinajstić information content (AvgIpc) is 3.25. The number of rotatable bonds is 22. The van der Waals surface area contributed by atoms with Crippen molar-refractivity contribution in [3.8, 4) is 0 Å². The minimum absolute atomic E-state index is 0.00183. The molecule has 0 saturated carbocycles. The fourth-order valence-electron chi connectivity index (χ4n) is 9.09. The summed E-state index contributed by atoms with van der Waals surface area (Å²) in [6.45, 7) is 14.5. The highest BCUT2D eigenvalue weighted by atomic mass is 16.5. The van der Waals surface area contributed by atoms with E-state index in [1.807, 2.05) is 24.3 Å². The molecule has 0 spiro atoms. The minimum Gasteiger partial charge on any atom is -0.375 e. The number of carbonyl (C=O) groups excluding carboxylic acids is 4. The molecule has 0 bridgehead atoms. The number of amides is 2. The number of hydrogen-bond acceptors (Lipinski definition) is 11. The summed E-state index contributed by atoms with van der Waals surface area (Å²) in [7, 11) is 0. The molecule has 13 nitrogen and oxygen atoms in total. The molecule has 0 unspecified atom stereocenters. The van der Waals surface area contributed by atoms with E-state index in [0.29, 0.717) is 38.1 Å². The maximum atomic E-state index is 12.8. The summed E-state index contributed by atoms with van der Waals surface area (Å²) in [5, 5.41) is 6.94. The summed E-state index contributed by atoms with van der Waals surface area (Å²) >= 11 is 0. The van der Waals surface area contributed by atoms with Crippen molar-refractivity contribution in [3.63, 3.8) is 0 Å². The Bertz CT molecular complexity index is 1490. The van der Waals surface area contributed by atoms with Gasteiger partial charge in [0.25, 0.3) is 0 Å². The molecule has 0 aliphatic carbocycles. The number of carbonyl (C=O) groups is 4. The minimum atomic E-state index is -0.185. The van der Waals surface area contributed by atoms with Crippen molar-refractivity contribution in [3.05, 3.63) is 70.8 Å². The zero-order chi connectivity index (χ0) is 41.4. The lowest BCUT2D eigenvalue weighted by molar-refractivity contribution is -0.124. The Morgan fingerprint density at radius 1 is 0.492 bits per heavy atom. The van der Waals surface area contributed by atoms with Crippen molar-refractivity contribution in [2.45, 2.75) is 89.5 Å².